The topological polar surface area (TPSA) is 55.9 Å². The lowest BCUT2D eigenvalue weighted by molar-refractivity contribution is 0.448. The minimum atomic E-state index is 0.0986. The van der Waals surface area contributed by atoms with E-state index in [2.05, 4.69) is 17.4 Å². The fourth-order valence-corrected chi connectivity index (χ4v) is 2.14. The van der Waals surface area contributed by atoms with Crippen molar-refractivity contribution in [3.8, 4) is 0 Å². The highest BCUT2D eigenvalue weighted by atomic mass is 35.5. The molecule has 0 aromatic carbocycles. The Hall–Kier alpha value is -0.580. The van der Waals surface area contributed by atoms with Gasteiger partial charge in [0, 0.05) is 6.54 Å². The van der Waals surface area contributed by atoms with E-state index >= 15 is 0 Å². The Labute approximate surface area is 102 Å². The molecule has 0 radical (unpaired) electrons. The maximum absolute atomic E-state index is 6.13. The molecule has 1 atom stereocenters. The number of nitrogens with two attached hydrogens (primary N) is 1. The van der Waals surface area contributed by atoms with Crippen molar-refractivity contribution in [3.05, 3.63) is 16.9 Å². The number of hydrogen-bond acceptors (Lipinski definition) is 3. The Balaban J connectivity index is 2.73. The van der Waals surface area contributed by atoms with E-state index in [9.17, 15) is 0 Å². The molecule has 5 heteroatoms. The van der Waals surface area contributed by atoms with E-state index in [1.165, 1.54) is 12.8 Å². The van der Waals surface area contributed by atoms with Crippen LogP contribution in [-0.2, 0) is 6.54 Å². The van der Waals surface area contributed by atoms with E-state index in [-0.39, 0.29) is 6.04 Å². The normalized spacial score (nSPS) is 13.0. The lowest BCUT2D eigenvalue weighted by atomic mass is 10.1. The Bertz CT molecular complexity index is 311. The lowest BCUT2D eigenvalue weighted by Crippen LogP contribution is -2.30. The van der Waals surface area contributed by atoms with Crippen molar-refractivity contribution in [2.24, 2.45) is 5.84 Å². The van der Waals surface area contributed by atoms with E-state index in [1.54, 1.807) is 6.20 Å². The second kappa shape index (κ2) is 6.89. The van der Waals surface area contributed by atoms with Crippen LogP contribution in [-0.4, -0.2) is 9.78 Å². The van der Waals surface area contributed by atoms with Crippen molar-refractivity contribution in [2.75, 3.05) is 0 Å². The van der Waals surface area contributed by atoms with Crippen LogP contribution in [0.3, 0.4) is 0 Å². The summed E-state index contributed by atoms with van der Waals surface area (Å²) in [6.45, 7) is 5.05. The molecule has 1 aromatic heterocycles. The second-order valence-electron chi connectivity index (χ2n) is 3.91. The van der Waals surface area contributed by atoms with Crippen LogP contribution in [0.2, 0.25) is 5.02 Å². The zero-order chi connectivity index (χ0) is 12.0. The summed E-state index contributed by atoms with van der Waals surface area (Å²) in [6, 6.07) is 0.0986. The SMILES string of the molecule is CCCCCC(NN)c1c(Cl)cnn1CC. The molecule has 1 rings (SSSR count). The predicted molar refractivity (Wildman–Crippen MR) is 67.1 cm³/mol. The summed E-state index contributed by atoms with van der Waals surface area (Å²) in [5.41, 5.74) is 3.84. The number of hydrazine groups is 1. The highest BCUT2D eigenvalue weighted by Gasteiger charge is 2.18. The fraction of sp³-hybridized carbons (Fsp3) is 0.727. The summed E-state index contributed by atoms with van der Waals surface area (Å²) in [5, 5.41) is 4.92. The summed E-state index contributed by atoms with van der Waals surface area (Å²) in [4.78, 5) is 0. The number of aromatic nitrogens is 2. The van der Waals surface area contributed by atoms with Gasteiger partial charge in [-0.25, -0.2) is 0 Å². The van der Waals surface area contributed by atoms with Gasteiger partial charge in [-0.05, 0) is 13.3 Å². The smallest absolute Gasteiger partial charge is 0.0834 e. The van der Waals surface area contributed by atoms with Gasteiger partial charge in [0.05, 0.1) is 23.0 Å². The van der Waals surface area contributed by atoms with Crippen molar-refractivity contribution in [1.82, 2.24) is 15.2 Å². The molecule has 4 nitrogen and oxygen atoms in total. The summed E-state index contributed by atoms with van der Waals surface area (Å²) in [7, 11) is 0. The summed E-state index contributed by atoms with van der Waals surface area (Å²) < 4.78 is 1.90. The van der Waals surface area contributed by atoms with Gasteiger partial charge >= 0.3 is 0 Å². The molecule has 1 aromatic rings. The standard InChI is InChI=1S/C11H21ClN4/c1-3-5-6-7-10(15-13)11-9(12)8-14-16(11)4-2/h8,10,15H,3-7,13H2,1-2H3. The second-order valence-corrected chi connectivity index (χ2v) is 4.32. The highest BCUT2D eigenvalue weighted by Crippen LogP contribution is 2.26. The zero-order valence-electron chi connectivity index (χ0n) is 10.0. The van der Waals surface area contributed by atoms with Crippen molar-refractivity contribution in [3.63, 3.8) is 0 Å². The molecule has 16 heavy (non-hydrogen) atoms. The van der Waals surface area contributed by atoms with Crippen LogP contribution in [0.1, 0.15) is 51.3 Å². The molecule has 92 valence electrons. The number of halogens is 1. The predicted octanol–water partition coefficient (Wildman–Crippen LogP) is 2.64. The van der Waals surface area contributed by atoms with Gasteiger partial charge in [-0.3, -0.25) is 16.0 Å². The van der Waals surface area contributed by atoms with Crippen molar-refractivity contribution >= 4 is 11.6 Å². The maximum atomic E-state index is 6.13. The lowest BCUT2D eigenvalue weighted by Gasteiger charge is -2.17. The van der Waals surface area contributed by atoms with Crippen molar-refractivity contribution < 1.29 is 0 Å². The molecule has 0 saturated heterocycles. The molecule has 1 unspecified atom stereocenters. The van der Waals surface area contributed by atoms with Crippen LogP contribution in [0.5, 0.6) is 0 Å². The quantitative estimate of drug-likeness (QED) is 0.441. The maximum Gasteiger partial charge on any atom is 0.0834 e. The number of unbranched alkanes of at least 4 members (excludes halogenated alkanes) is 2. The molecular weight excluding hydrogens is 224 g/mol. The average Bonchev–Trinajstić information content (AvgIpc) is 2.66. The van der Waals surface area contributed by atoms with Crippen LogP contribution in [0.25, 0.3) is 0 Å². The van der Waals surface area contributed by atoms with Crippen molar-refractivity contribution in [2.45, 2.75) is 52.1 Å². The number of aryl methyl sites for hydroxylation is 1. The van der Waals surface area contributed by atoms with Gasteiger partial charge in [0.15, 0.2) is 0 Å². The third-order valence-electron chi connectivity index (χ3n) is 2.76. The molecular formula is C11H21ClN4. The van der Waals surface area contributed by atoms with E-state index < -0.39 is 0 Å². The monoisotopic (exact) mass is 244 g/mol. The van der Waals surface area contributed by atoms with Crippen molar-refractivity contribution in [1.29, 1.82) is 0 Å². The molecule has 1 heterocycles. The first kappa shape index (κ1) is 13.5. The summed E-state index contributed by atoms with van der Waals surface area (Å²) in [5.74, 6) is 5.59. The van der Waals surface area contributed by atoms with Gasteiger partial charge in [0.1, 0.15) is 0 Å². The molecule has 0 aliphatic heterocycles. The summed E-state index contributed by atoms with van der Waals surface area (Å²) in [6.07, 6.45) is 6.25. The van der Waals surface area contributed by atoms with Crippen LogP contribution in [0.15, 0.2) is 6.20 Å². The molecule has 0 amide bonds. The van der Waals surface area contributed by atoms with Crippen LogP contribution < -0.4 is 11.3 Å². The zero-order valence-corrected chi connectivity index (χ0v) is 10.8. The summed E-state index contributed by atoms with van der Waals surface area (Å²) >= 11 is 6.13. The van der Waals surface area contributed by atoms with Gasteiger partial charge in [0.2, 0.25) is 0 Å². The minimum Gasteiger partial charge on any atom is -0.271 e. The Kier molecular flexibility index (Phi) is 5.80. The first-order chi connectivity index (χ1) is 7.74. The largest absolute Gasteiger partial charge is 0.271 e. The van der Waals surface area contributed by atoms with Gasteiger partial charge in [-0.15, -0.1) is 0 Å². The number of nitrogens with zero attached hydrogens (tertiary/aromatic N) is 2. The average molecular weight is 245 g/mol. The Morgan fingerprint density at radius 2 is 2.25 bits per heavy atom. The first-order valence-electron chi connectivity index (χ1n) is 5.91. The van der Waals surface area contributed by atoms with E-state index in [0.717, 1.165) is 25.1 Å². The third-order valence-corrected chi connectivity index (χ3v) is 3.05. The number of hydrogen-bond donors (Lipinski definition) is 2. The first-order valence-corrected chi connectivity index (χ1v) is 6.29. The van der Waals surface area contributed by atoms with E-state index in [4.69, 9.17) is 17.4 Å². The van der Waals surface area contributed by atoms with E-state index in [0.29, 0.717) is 5.02 Å². The van der Waals surface area contributed by atoms with Crippen LogP contribution >= 0.6 is 11.6 Å². The van der Waals surface area contributed by atoms with Gasteiger partial charge in [-0.1, -0.05) is 37.8 Å². The molecule has 0 bridgehead atoms. The van der Waals surface area contributed by atoms with E-state index in [1.807, 2.05) is 11.6 Å². The molecule has 0 saturated carbocycles. The highest BCUT2D eigenvalue weighted by molar-refractivity contribution is 6.31. The molecule has 0 spiro atoms. The molecule has 0 aliphatic carbocycles. The number of rotatable bonds is 7. The molecule has 0 aliphatic rings. The van der Waals surface area contributed by atoms with Gasteiger partial charge in [-0.2, -0.15) is 5.10 Å². The Morgan fingerprint density at radius 3 is 2.81 bits per heavy atom. The Morgan fingerprint density at radius 1 is 1.50 bits per heavy atom. The van der Waals surface area contributed by atoms with Gasteiger partial charge in [0.25, 0.3) is 0 Å². The van der Waals surface area contributed by atoms with Gasteiger partial charge < -0.3 is 0 Å². The third kappa shape index (κ3) is 3.20. The molecule has 3 N–H and O–H groups in total. The van der Waals surface area contributed by atoms with Crippen LogP contribution in [0.4, 0.5) is 0 Å². The minimum absolute atomic E-state index is 0.0986. The number of nitrogens with one attached hydrogen (secondary N) is 1. The fourth-order valence-electron chi connectivity index (χ4n) is 1.87. The van der Waals surface area contributed by atoms with Crippen LogP contribution in [0, 0.1) is 0 Å². The molecule has 0 fully saturated rings.